The number of rotatable bonds is 4. The first-order valence-electron chi connectivity index (χ1n) is 3.55. The van der Waals surface area contributed by atoms with Crippen molar-refractivity contribution in [3.8, 4) is 0 Å². The lowest BCUT2D eigenvalue weighted by molar-refractivity contribution is -0.108. The fraction of sp³-hybridized carbons (Fsp3) is 0.429. The van der Waals surface area contributed by atoms with Crippen molar-refractivity contribution in [1.82, 2.24) is 14.9 Å². The van der Waals surface area contributed by atoms with Crippen molar-refractivity contribution in [2.75, 3.05) is 6.54 Å². The predicted octanol–water partition coefficient (Wildman–Crippen LogP) is 0.471. The zero-order valence-corrected chi connectivity index (χ0v) is 8.91. The summed E-state index contributed by atoms with van der Waals surface area (Å²) < 4.78 is 2.03. The fourth-order valence-corrected chi connectivity index (χ4v) is 1.11. The van der Waals surface area contributed by atoms with Crippen molar-refractivity contribution < 1.29 is 4.79 Å². The molecule has 0 aliphatic heterocycles. The zero-order valence-electron chi connectivity index (χ0n) is 6.75. The van der Waals surface area contributed by atoms with Crippen LogP contribution in [0.15, 0.2) is 12.4 Å². The highest BCUT2D eigenvalue weighted by molar-refractivity contribution is 14.1. The van der Waals surface area contributed by atoms with Gasteiger partial charge in [0.15, 0.2) is 0 Å². The second-order valence-corrected chi connectivity index (χ2v) is 3.62. The third-order valence-electron chi connectivity index (χ3n) is 1.47. The van der Waals surface area contributed by atoms with Crippen molar-refractivity contribution in [3.63, 3.8) is 0 Å². The van der Waals surface area contributed by atoms with Crippen LogP contribution >= 0.6 is 22.6 Å². The number of hydrogen-bond donors (Lipinski definition) is 1. The highest BCUT2D eigenvalue weighted by Crippen LogP contribution is 1.92. The smallest absolute Gasteiger partial charge is 0.206 e. The second-order valence-electron chi connectivity index (χ2n) is 2.41. The van der Waals surface area contributed by atoms with Crippen LogP contribution in [0.1, 0.15) is 5.82 Å². The molecule has 66 valence electrons. The van der Waals surface area contributed by atoms with Crippen LogP contribution < -0.4 is 5.32 Å². The average Bonchev–Trinajstić information content (AvgIpc) is 2.36. The van der Waals surface area contributed by atoms with Crippen LogP contribution in [0.25, 0.3) is 0 Å². The summed E-state index contributed by atoms with van der Waals surface area (Å²) >= 11 is 1.76. The molecule has 5 heteroatoms. The Morgan fingerprint density at radius 1 is 1.83 bits per heavy atom. The number of nitrogens with one attached hydrogen (secondary N) is 1. The van der Waals surface area contributed by atoms with Gasteiger partial charge in [-0.25, -0.2) is 4.98 Å². The van der Waals surface area contributed by atoms with Crippen LogP contribution in [0, 0.1) is 0 Å². The molecule has 12 heavy (non-hydrogen) atoms. The molecule has 1 N–H and O–H groups in total. The molecule has 1 heterocycles. The van der Waals surface area contributed by atoms with Gasteiger partial charge in [-0.05, 0) is 0 Å². The minimum Gasteiger partial charge on any atom is -0.337 e. The monoisotopic (exact) mass is 279 g/mol. The Balaban J connectivity index is 2.33. The van der Waals surface area contributed by atoms with Gasteiger partial charge in [0.1, 0.15) is 5.82 Å². The number of carbonyl (C=O) groups is 1. The fourth-order valence-electron chi connectivity index (χ4n) is 0.839. The summed E-state index contributed by atoms with van der Waals surface area (Å²) in [5, 5.41) is 2.99. The number of aryl methyl sites for hydroxylation is 1. The van der Waals surface area contributed by atoms with Gasteiger partial charge < -0.3 is 9.88 Å². The van der Waals surface area contributed by atoms with Gasteiger partial charge in [0.25, 0.3) is 0 Å². The molecule has 0 fully saturated rings. The third-order valence-corrected chi connectivity index (χ3v) is 1.85. The van der Waals surface area contributed by atoms with Gasteiger partial charge in [0.2, 0.25) is 3.79 Å². The lowest BCUT2D eigenvalue weighted by Crippen LogP contribution is -2.20. The predicted molar refractivity (Wildman–Crippen MR) is 53.9 cm³/mol. The molecule has 0 unspecified atom stereocenters. The van der Waals surface area contributed by atoms with E-state index in [1.165, 1.54) is 0 Å². The Hall–Kier alpha value is -0.430. The molecule has 1 rings (SSSR count). The minimum atomic E-state index is 0.113. The van der Waals surface area contributed by atoms with E-state index in [0.29, 0.717) is 13.1 Å². The molecule has 1 aromatic rings. The van der Waals surface area contributed by atoms with E-state index >= 15 is 0 Å². The normalized spacial score (nSPS) is 10.2. The lowest BCUT2D eigenvalue weighted by atomic mass is 10.5. The van der Waals surface area contributed by atoms with Crippen LogP contribution in [0.2, 0.25) is 0 Å². The first kappa shape index (κ1) is 9.66. The Morgan fingerprint density at radius 2 is 2.58 bits per heavy atom. The summed E-state index contributed by atoms with van der Waals surface area (Å²) in [5.41, 5.74) is 0. The van der Waals surface area contributed by atoms with Gasteiger partial charge in [-0.15, -0.1) is 0 Å². The molecular formula is C7H10IN3O. The maximum atomic E-state index is 10.6. The van der Waals surface area contributed by atoms with Crippen molar-refractivity contribution in [2.24, 2.45) is 7.05 Å². The molecule has 0 radical (unpaired) electrons. The third kappa shape index (κ3) is 2.90. The van der Waals surface area contributed by atoms with Gasteiger partial charge in [-0.2, -0.15) is 0 Å². The lowest BCUT2D eigenvalue weighted by Gasteiger charge is -2.01. The molecule has 0 saturated carbocycles. The average molecular weight is 279 g/mol. The van der Waals surface area contributed by atoms with Crippen LogP contribution in [0.5, 0.6) is 0 Å². The highest BCUT2D eigenvalue weighted by atomic mass is 127. The number of imidazole rings is 1. The van der Waals surface area contributed by atoms with Gasteiger partial charge in [0.05, 0.1) is 13.1 Å². The van der Waals surface area contributed by atoms with E-state index in [1.54, 1.807) is 28.8 Å². The first-order chi connectivity index (χ1) is 5.70. The molecule has 0 aliphatic rings. The summed E-state index contributed by atoms with van der Waals surface area (Å²) in [6.45, 7) is 1.03. The Kier molecular flexibility index (Phi) is 3.67. The van der Waals surface area contributed by atoms with E-state index in [2.05, 4.69) is 10.3 Å². The number of halogens is 1. The second kappa shape index (κ2) is 4.56. The first-order valence-corrected chi connectivity index (χ1v) is 4.63. The maximum Gasteiger partial charge on any atom is 0.206 e. The number of hydrogen-bond acceptors (Lipinski definition) is 3. The quantitative estimate of drug-likeness (QED) is 0.644. The maximum absolute atomic E-state index is 10.6. The van der Waals surface area contributed by atoms with E-state index in [0.717, 1.165) is 5.82 Å². The molecule has 0 saturated heterocycles. The molecule has 0 atom stereocenters. The van der Waals surface area contributed by atoms with Crippen LogP contribution in [-0.4, -0.2) is 19.9 Å². The van der Waals surface area contributed by atoms with Crippen molar-refractivity contribution in [1.29, 1.82) is 0 Å². The molecular weight excluding hydrogens is 269 g/mol. The minimum absolute atomic E-state index is 0.113. The molecule has 0 aromatic carbocycles. The van der Waals surface area contributed by atoms with Gasteiger partial charge in [-0.3, -0.25) is 4.79 Å². The number of carbonyl (C=O) groups excluding carboxylic acids is 1. The topological polar surface area (TPSA) is 46.9 Å². The summed E-state index contributed by atoms with van der Waals surface area (Å²) in [4.78, 5) is 14.7. The van der Waals surface area contributed by atoms with Gasteiger partial charge in [-0.1, -0.05) is 0 Å². The molecule has 0 aliphatic carbocycles. The van der Waals surface area contributed by atoms with Crippen LogP contribution in [0.3, 0.4) is 0 Å². The largest absolute Gasteiger partial charge is 0.337 e. The van der Waals surface area contributed by atoms with E-state index in [-0.39, 0.29) is 3.79 Å². The molecule has 4 nitrogen and oxygen atoms in total. The number of nitrogens with zero attached hydrogens (tertiary/aromatic N) is 2. The van der Waals surface area contributed by atoms with E-state index < -0.39 is 0 Å². The Labute approximate surface area is 84.5 Å². The summed E-state index contributed by atoms with van der Waals surface area (Å²) in [7, 11) is 1.93. The summed E-state index contributed by atoms with van der Waals surface area (Å²) in [6.07, 6.45) is 3.62. The van der Waals surface area contributed by atoms with Crippen LogP contribution in [-0.2, 0) is 18.4 Å². The standard InChI is InChI=1S/C7H10IN3O/c1-11-3-2-10-7(11)5-9-4-6(8)12/h2-3,9H,4-5H2,1H3. The zero-order chi connectivity index (χ0) is 8.97. The van der Waals surface area contributed by atoms with Gasteiger partial charge in [0, 0.05) is 42.0 Å². The molecule has 1 aromatic heterocycles. The summed E-state index contributed by atoms with van der Waals surface area (Å²) in [5.74, 6) is 0.938. The van der Waals surface area contributed by atoms with Crippen molar-refractivity contribution in [3.05, 3.63) is 18.2 Å². The summed E-state index contributed by atoms with van der Waals surface area (Å²) in [6, 6.07) is 0. The number of aromatic nitrogens is 2. The van der Waals surface area contributed by atoms with Gasteiger partial charge >= 0.3 is 0 Å². The Morgan fingerprint density at radius 3 is 3.08 bits per heavy atom. The Bertz CT molecular complexity index is 271. The van der Waals surface area contributed by atoms with Crippen molar-refractivity contribution >= 4 is 26.4 Å². The van der Waals surface area contributed by atoms with Crippen molar-refractivity contribution in [2.45, 2.75) is 6.54 Å². The SMILES string of the molecule is Cn1ccnc1CNCC(=O)I. The molecule has 0 bridgehead atoms. The molecule has 0 amide bonds. The van der Waals surface area contributed by atoms with E-state index in [9.17, 15) is 4.79 Å². The van der Waals surface area contributed by atoms with E-state index in [4.69, 9.17) is 0 Å². The molecule has 0 spiro atoms. The highest BCUT2D eigenvalue weighted by Gasteiger charge is 1.98. The van der Waals surface area contributed by atoms with E-state index in [1.807, 2.05) is 17.8 Å². The van der Waals surface area contributed by atoms with Crippen LogP contribution in [0.4, 0.5) is 0 Å².